The molecule has 18 heavy (non-hydrogen) atoms. The summed E-state index contributed by atoms with van der Waals surface area (Å²) in [5.74, 6) is 0.278. The Bertz CT molecular complexity index is 526. The Balaban J connectivity index is 2.32. The molecule has 0 aliphatic rings. The van der Waals surface area contributed by atoms with Gasteiger partial charge in [-0.25, -0.2) is 9.37 Å². The third-order valence-electron chi connectivity index (χ3n) is 2.67. The van der Waals surface area contributed by atoms with E-state index in [1.807, 2.05) is 13.1 Å². The number of ether oxygens (including phenoxy) is 1. The summed E-state index contributed by atoms with van der Waals surface area (Å²) < 4.78 is 18.9. The third-order valence-corrected chi connectivity index (χ3v) is 2.67. The van der Waals surface area contributed by atoms with Crippen LogP contribution in [0.4, 0.5) is 4.39 Å². The normalized spacial score (nSPS) is 10.4. The molecular weight excluding hydrogens is 231 g/mol. The maximum Gasteiger partial charge on any atom is 0.212 e. The summed E-state index contributed by atoms with van der Waals surface area (Å²) in [4.78, 5) is 4.07. The lowest BCUT2D eigenvalue weighted by molar-refractivity contribution is 0.398. The topological polar surface area (TPSA) is 34.1 Å². The van der Waals surface area contributed by atoms with E-state index in [1.54, 1.807) is 31.5 Å². The van der Waals surface area contributed by atoms with Crippen molar-refractivity contribution in [2.24, 2.45) is 0 Å². The van der Waals surface area contributed by atoms with E-state index >= 15 is 0 Å². The van der Waals surface area contributed by atoms with Gasteiger partial charge in [0, 0.05) is 29.9 Å². The van der Waals surface area contributed by atoms with Gasteiger partial charge in [-0.1, -0.05) is 12.1 Å². The highest BCUT2D eigenvalue weighted by molar-refractivity contribution is 5.63. The predicted molar refractivity (Wildman–Crippen MR) is 68.9 cm³/mol. The SMILES string of the molecule is CNCc1ccc(-c2ccc(OC)nc2)c(F)c1. The van der Waals surface area contributed by atoms with Gasteiger partial charge < -0.3 is 10.1 Å². The molecule has 1 heterocycles. The zero-order valence-electron chi connectivity index (χ0n) is 10.4. The van der Waals surface area contributed by atoms with Crippen molar-refractivity contribution in [1.82, 2.24) is 10.3 Å². The summed E-state index contributed by atoms with van der Waals surface area (Å²) in [5.41, 5.74) is 2.20. The number of nitrogens with one attached hydrogen (secondary N) is 1. The summed E-state index contributed by atoms with van der Waals surface area (Å²) in [7, 11) is 3.38. The number of pyridine rings is 1. The Morgan fingerprint density at radius 1 is 1.28 bits per heavy atom. The molecule has 1 aromatic heterocycles. The van der Waals surface area contributed by atoms with Gasteiger partial charge in [0.25, 0.3) is 0 Å². The van der Waals surface area contributed by atoms with Gasteiger partial charge in [0.1, 0.15) is 5.82 Å². The molecule has 3 nitrogen and oxygen atoms in total. The molecule has 0 amide bonds. The van der Waals surface area contributed by atoms with Crippen LogP contribution in [0.1, 0.15) is 5.56 Å². The molecule has 2 rings (SSSR count). The van der Waals surface area contributed by atoms with E-state index in [0.717, 1.165) is 11.1 Å². The molecule has 0 aliphatic heterocycles. The predicted octanol–water partition coefficient (Wildman–Crippen LogP) is 2.62. The lowest BCUT2D eigenvalue weighted by Crippen LogP contribution is -2.05. The number of methoxy groups -OCH3 is 1. The number of rotatable bonds is 4. The van der Waals surface area contributed by atoms with Gasteiger partial charge in [-0.15, -0.1) is 0 Å². The van der Waals surface area contributed by atoms with E-state index in [9.17, 15) is 4.39 Å². The molecule has 0 bridgehead atoms. The molecule has 0 unspecified atom stereocenters. The van der Waals surface area contributed by atoms with Crippen LogP contribution in [0.5, 0.6) is 5.88 Å². The Hall–Kier alpha value is -1.94. The van der Waals surface area contributed by atoms with Crippen molar-refractivity contribution < 1.29 is 9.13 Å². The third kappa shape index (κ3) is 2.65. The number of halogens is 1. The van der Waals surface area contributed by atoms with Gasteiger partial charge in [0.2, 0.25) is 5.88 Å². The molecule has 4 heteroatoms. The average molecular weight is 246 g/mol. The summed E-state index contributed by atoms with van der Waals surface area (Å²) >= 11 is 0. The molecule has 0 fully saturated rings. The first kappa shape index (κ1) is 12.5. The van der Waals surface area contributed by atoms with E-state index in [2.05, 4.69) is 10.3 Å². The molecule has 1 N–H and O–H groups in total. The summed E-state index contributed by atoms with van der Waals surface area (Å²) in [6, 6.07) is 8.72. The lowest BCUT2D eigenvalue weighted by Gasteiger charge is -2.06. The van der Waals surface area contributed by atoms with E-state index in [0.29, 0.717) is 18.0 Å². The Morgan fingerprint density at radius 3 is 2.67 bits per heavy atom. The molecular formula is C14H15FN2O. The fourth-order valence-corrected chi connectivity index (χ4v) is 1.77. The maximum atomic E-state index is 14.0. The molecule has 0 radical (unpaired) electrons. The number of hydrogen-bond acceptors (Lipinski definition) is 3. The molecule has 2 aromatic rings. The maximum absolute atomic E-state index is 14.0. The van der Waals surface area contributed by atoms with Crippen molar-refractivity contribution in [2.45, 2.75) is 6.54 Å². The van der Waals surface area contributed by atoms with Crippen molar-refractivity contribution in [3.05, 3.63) is 47.9 Å². The molecule has 0 aliphatic carbocycles. The molecule has 94 valence electrons. The van der Waals surface area contributed by atoms with Crippen LogP contribution in [0.25, 0.3) is 11.1 Å². The van der Waals surface area contributed by atoms with Gasteiger partial charge in [-0.2, -0.15) is 0 Å². The fourth-order valence-electron chi connectivity index (χ4n) is 1.77. The van der Waals surface area contributed by atoms with Crippen LogP contribution >= 0.6 is 0 Å². The molecule has 0 saturated heterocycles. The van der Waals surface area contributed by atoms with Crippen LogP contribution in [-0.2, 0) is 6.54 Å². The van der Waals surface area contributed by atoms with Gasteiger partial charge in [0.15, 0.2) is 0 Å². The molecule has 1 aromatic carbocycles. The molecule has 0 saturated carbocycles. The quantitative estimate of drug-likeness (QED) is 0.900. The Morgan fingerprint density at radius 2 is 2.11 bits per heavy atom. The first-order valence-corrected chi connectivity index (χ1v) is 5.68. The zero-order chi connectivity index (χ0) is 13.0. The van der Waals surface area contributed by atoms with Gasteiger partial charge in [0.05, 0.1) is 7.11 Å². The molecule has 0 spiro atoms. The monoisotopic (exact) mass is 246 g/mol. The second kappa shape index (κ2) is 5.60. The number of aromatic nitrogens is 1. The van der Waals surface area contributed by atoms with E-state index < -0.39 is 0 Å². The summed E-state index contributed by atoms with van der Waals surface area (Å²) in [6.45, 7) is 0.651. The van der Waals surface area contributed by atoms with Crippen LogP contribution in [-0.4, -0.2) is 19.1 Å². The van der Waals surface area contributed by atoms with Crippen molar-refractivity contribution in [2.75, 3.05) is 14.2 Å². The number of nitrogens with zero attached hydrogens (tertiary/aromatic N) is 1. The van der Waals surface area contributed by atoms with Crippen LogP contribution in [0, 0.1) is 5.82 Å². The van der Waals surface area contributed by atoms with Crippen LogP contribution in [0.3, 0.4) is 0 Å². The zero-order valence-corrected chi connectivity index (χ0v) is 10.4. The van der Waals surface area contributed by atoms with Crippen molar-refractivity contribution in [1.29, 1.82) is 0 Å². The largest absolute Gasteiger partial charge is 0.481 e. The Kier molecular flexibility index (Phi) is 3.89. The van der Waals surface area contributed by atoms with Crippen LogP contribution < -0.4 is 10.1 Å². The van der Waals surface area contributed by atoms with Gasteiger partial charge >= 0.3 is 0 Å². The van der Waals surface area contributed by atoms with Crippen LogP contribution in [0.15, 0.2) is 36.5 Å². The summed E-state index contributed by atoms with van der Waals surface area (Å²) in [6.07, 6.45) is 1.61. The average Bonchev–Trinajstić information content (AvgIpc) is 2.40. The van der Waals surface area contributed by atoms with E-state index in [4.69, 9.17) is 4.74 Å². The van der Waals surface area contributed by atoms with Gasteiger partial charge in [-0.3, -0.25) is 0 Å². The minimum Gasteiger partial charge on any atom is -0.481 e. The first-order chi connectivity index (χ1) is 8.74. The van der Waals surface area contributed by atoms with Crippen LogP contribution in [0.2, 0.25) is 0 Å². The first-order valence-electron chi connectivity index (χ1n) is 5.68. The smallest absolute Gasteiger partial charge is 0.212 e. The highest BCUT2D eigenvalue weighted by atomic mass is 19.1. The second-order valence-corrected chi connectivity index (χ2v) is 3.93. The summed E-state index contributed by atoms with van der Waals surface area (Å²) in [5, 5.41) is 2.99. The molecule has 0 atom stereocenters. The Labute approximate surface area is 106 Å². The van der Waals surface area contributed by atoms with Crippen molar-refractivity contribution in [3.8, 4) is 17.0 Å². The fraction of sp³-hybridized carbons (Fsp3) is 0.214. The number of benzene rings is 1. The highest BCUT2D eigenvalue weighted by Gasteiger charge is 2.06. The lowest BCUT2D eigenvalue weighted by atomic mass is 10.0. The van der Waals surface area contributed by atoms with E-state index in [1.165, 1.54) is 6.07 Å². The second-order valence-electron chi connectivity index (χ2n) is 3.93. The van der Waals surface area contributed by atoms with Crippen molar-refractivity contribution in [3.63, 3.8) is 0 Å². The van der Waals surface area contributed by atoms with E-state index in [-0.39, 0.29) is 5.82 Å². The minimum atomic E-state index is -0.241. The highest BCUT2D eigenvalue weighted by Crippen LogP contribution is 2.24. The van der Waals surface area contributed by atoms with Crippen molar-refractivity contribution >= 4 is 0 Å². The minimum absolute atomic E-state index is 0.241. The van der Waals surface area contributed by atoms with Gasteiger partial charge in [-0.05, 0) is 24.7 Å². The number of hydrogen-bond donors (Lipinski definition) is 1. The standard InChI is InChI=1S/C14H15FN2O/c1-16-8-10-3-5-12(13(15)7-10)11-4-6-14(18-2)17-9-11/h3-7,9,16H,8H2,1-2H3.